The molecule has 1 aliphatic rings. The maximum Gasteiger partial charge on any atom is 0.237 e. The van der Waals surface area contributed by atoms with Gasteiger partial charge in [-0.25, -0.2) is 4.39 Å². The first-order valence-electron chi connectivity index (χ1n) is 12.2. The monoisotopic (exact) mass is 504 g/mol. The summed E-state index contributed by atoms with van der Waals surface area (Å²) >= 11 is 1.70. The van der Waals surface area contributed by atoms with Gasteiger partial charge in [0.1, 0.15) is 18.2 Å². The summed E-state index contributed by atoms with van der Waals surface area (Å²) in [5, 5.41) is 12.5. The second-order valence-corrected chi connectivity index (χ2v) is 10.3. The molecule has 0 spiro atoms. The minimum atomic E-state index is -0.683. The number of carbonyl (C=O) groups is 1. The van der Waals surface area contributed by atoms with Crippen LogP contribution in [0.2, 0.25) is 0 Å². The average Bonchev–Trinajstić information content (AvgIpc) is 3.31. The molecule has 0 unspecified atom stereocenters. The highest BCUT2D eigenvalue weighted by molar-refractivity contribution is 7.10. The van der Waals surface area contributed by atoms with Gasteiger partial charge in [-0.3, -0.25) is 9.69 Å². The summed E-state index contributed by atoms with van der Waals surface area (Å²) in [6, 6.07) is 7.79. The molecule has 1 N–H and O–H groups in total. The van der Waals surface area contributed by atoms with Crippen LogP contribution in [0.3, 0.4) is 0 Å². The van der Waals surface area contributed by atoms with Gasteiger partial charge in [0.25, 0.3) is 0 Å². The molecule has 0 aliphatic carbocycles. The Bertz CT molecular complexity index is 934. The number of carbonyl (C=O) groups excluding carboxylic acids is 1. The molecule has 0 bridgehead atoms. The summed E-state index contributed by atoms with van der Waals surface area (Å²) in [6.07, 6.45) is 2.71. The van der Waals surface area contributed by atoms with Gasteiger partial charge in [-0.2, -0.15) is 0 Å². The Morgan fingerprint density at radius 3 is 2.83 bits per heavy atom. The molecule has 2 atom stereocenters. The summed E-state index contributed by atoms with van der Waals surface area (Å²) in [5.74, 6) is 0.757. The summed E-state index contributed by atoms with van der Waals surface area (Å²) in [6.45, 7) is 10.7. The Balaban J connectivity index is 1.68. The zero-order valence-corrected chi connectivity index (χ0v) is 21.5. The Hall–Kier alpha value is -2.26. The number of aliphatic hydroxyl groups is 1. The number of benzene rings is 1. The molecule has 6 nitrogen and oxygen atoms in total. The van der Waals surface area contributed by atoms with Crippen LogP contribution in [0.4, 0.5) is 4.39 Å². The summed E-state index contributed by atoms with van der Waals surface area (Å²) < 4.78 is 24.6. The van der Waals surface area contributed by atoms with Crippen LogP contribution >= 0.6 is 11.3 Å². The lowest BCUT2D eigenvalue weighted by atomic mass is 10.00. The van der Waals surface area contributed by atoms with E-state index in [9.17, 15) is 14.3 Å². The van der Waals surface area contributed by atoms with E-state index in [-0.39, 0.29) is 30.9 Å². The third-order valence-electron chi connectivity index (χ3n) is 6.03. The Labute approximate surface area is 212 Å². The van der Waals surface area contributed by atoms with Crippen molar-refractivity contribution in [2.24, 2.45) is 5.92 Å². The third kappa shape index (κ3) is 8.42. The lowest BCUT2D eigenvalue weighted by Gasteiger charge is -2.37. The van der Waals surface area contributed by atoms with Gasteiger partial charge in [0.2, 0.25) is 5.91 Å². The number of rotatable bonds is 14. The summed E-state index contributed by atoms with van der Waals surface area (Å²) in [7, 11) is 0. The number of amides is 1. The van der Waals surface area contributed by atoms with Crippen LogP contribution in [-0.2, 0) is 16.0 Å². The Kier molecular flexibility index (Phi) is 10.7. The summed E-state index contributed by atoms with van der Waals surface area (Å²) in [4.78, 5) is 18.7. The minimum absolute atomic E-state index is 0.0116. The number of aliphatic hydroxyl groups excluding tert-OH is 1. The molecule has 1 aliphatic heterocycles. The fraction of sp³-hybridized carbons (Fsp3) is 0.519. The van der Waals surface area contributed by atoms with Gasteiger partial charge < -0.3 is 19.5 Å². The maximum absolute atomic E-state index is 13.5. The summed E-state index contributed by atoms with van der Waals surface area (Å²) in [5.41, 5.74) is 1.11. The van der Waals surface area contributed by atoms with Gasteiger partial charge in [0.05, 0.1) is 31.9 Å². The van der Waals surface area contributed by atoms with Gasteiger partial charge in [-0.15, -0.1) is 17.9 Å². The van der Waals surface area contributed by atoms with Crippen LogP contribution in [0.25, 0.3) is 0 Å². The molecule has 0 saturated carbocycles. The van der Waals surface area contributed by atoms with Crippen molar-refractivity contribution in [2.75, 3.05) is 46.0 Å². The third-order valence-corrected chi connectivity index (χ3v) is 7.03. The van der Waals surface area contributed by atoms with Crippen molar-refractivity contribution in [1.82, 2.24) is 9.80 Å². The fourth-order valence-corrected chi connectivity index (χ4v) is 5.10. The largest absolute Gasteiger partial charge is 0.491 e. The number of hydrogen-bond acceptors (Lipinski definition) is 6. The van der Waals surface area contributed by atoms with Crippen LogP contribution in [0, 0.1) is 11.7 Å². The second-order valence-electron chi connectivity index (χ2n) is 9.31. The van der Waals surface area contributed by atoms with Crippen LogP contribution in [0.5, 0.6) is 5.75 Å². The van der Waals surface area contributed by atoms with Gasteiger partial charge in [0.15, 0.2) is 0 Å². The van der Waals surface area contributed by atoms with E-state index in [1.54, 1.807) is 29.5 Å². The highest BCUT2D eigenvalue weighted by atomic mass is 32.1. The fourth-order valence-electron chi connectivity index (χ4n) is 4.18. The van der Waals surface area contributed by atoms with E-state index in [1.165, 1.54) is 17.0 Å². The van der Waals surface area contributed by atoms with E-state index in [4.69, 9.17) is 9.47 Å². The number of ether oxygens (including phenoxy) is 2. The van der Waals surface area contributed by atoms with Crippen molar-refractivity contribution < 1.29 is 23.8 Å². The Morgan fingerprint density at radius 2 is 2.11 bits per heavy atom. The van der Waals surface area contributed by atoms with Crippen molar-refractivity contribution in [3.8, 4) is 5.75 Å². The first kappa shape index (κ1) is 27.3. The topological polar surface area (TPSA) is 62.2 Å². The molecule has 0 radical (unpaired) electrons. The molecule has 2 heterocycles. The zero-order chi connectivity index (χ0) is 25.2. The van der Waals surface area contributed by atoms with Gasteiger partial charge >= 0.3 is 0 Å². The predicted octanol–water partition coefficient (Wildman–Crippen LogP) is 4.30. The van der Waals surface area contributed by atoms with Crippen molar-refractivity contribution in [2.45, 2.75) is 38.8 Å². The van der Waals surface area contributed by atoms with Crippen LogP contribution < -0.4 is 4.74 Å². The molecule has 192 valence electrons. The molecular weight excluding hydrogens is 467 g/mol. The lowest BCUT2D eigenvalue weighted by Crippen LogP contribution is -2.48. The normalized spacial score (nSPS) is 16.4. The van der Waals surface area contributed by atoms with Gasteiger partial charge in [0, 0.05) is 18.0 Å². The first-order valence-corrected chi connectivity index (χ1v) is 13.1. The number of hydrogen-bond donors (Lipinski definition) is 1. The van der Waals surface area contributed by atoms with Crippen LogP contribution in [0.15, 0.2) is 48.4 Å². The highest BCUT2D eigenvalue weighted by Gasteiger charge is 2.33. The molecule has 8 heteroatoms. The molecule has 2 aromatic rings. The predicted molar refractivity (Wildman–Crippen MR) is 137 cm³/mol. The maximum atomic E-state index is 13.5. The van der Waals surface area contributed by atoms with Crippen LogP contribution in [-0.4, -0.2) is 72.9 Å². The molecule has 3 rings (SSSR count). The molecule has 1 amide bonds. The lowest BCUT2D eigenvalue weighted by molar-refractivity contribution is -0.136. The van der Waals surface area contributed by atoms with E-state index in [1.807, 2.05) is 9.80 Å². The molecule has 1 aromatic heterocycles. The van der Waals surface area contributed by atoms with E-state index in [2.05, 4.69) is 31.9 Å². The second kappa shape index (κ2) is 13.7. The minimum Gasteiger partial charge on any atom is -0.491 e. The Morgan fingerprint density at radius 1 is 1.34 bits per heavy atom. The zero-order valence-electron chi connectivity index (χ0n) is 20.7. The quantitative estimate of drug-likeness (QED) is 0.307. The first-order chi connectivity index (χ1) is 16.9. The van der Waals surface area contributed by atoms with E-state index >= 15 is 0 Å². The highest BCUT2D eigenvalue weighted by Crippen LogP contribution is 2.34. The van der Waals surface area contributed by atoms with Crippen LogP contribution in [0.1, 0.15) is 36.8 Å². The molecule has 0 fully saturated rings. The molecule has 0 saturated heterocycles. The van der Waals surface area contributed by atoms with Crippen molar-refractivity contribution >= 4 is 17.2 Å². The van der Waals surface area contributed by atoms with E-state index in [0.717, 1.165) is 24.9 Å². The standard InChI is InChI=1S/C27H37FN2O4S/c1-4-14-33-18-22(31)16-29(12-9-20(2)3)17-27(32)30-13-10-26-24(11-15-35-26)25(30)19-34-23-7-5-21(28)6-8-23/h4-8,11,15,20,22,25,31H,1,9-10,12-14,16-19H2,2-3H3/t22-,25+/m0/s1. The molecule has 1 aromatic carbocycles. The number of nitrogens with zero attached hydrogens (tertiary/aromatic N) is 2. The van der Waals surface area contributed by atoms with E-state index in [0.29, 0.717) is 38.0 Å². The van der Waals surface area contributed by atoms with Crippen molar-refractivity contribution in [3.63, 3.8) is 0 Å². The molecular formula is C27H37FN2O4S. The van der Waals surface area contributed by atoms with E-state index < -0.39 is 6.10 Å². The SMILES string of the molecule is C=CCOC[C@@H](O)CN(CCC(C)C)CC(=O)N1CCc2sccc2[C@H]1COc1ccc(F)cc1. The van der Waals surface area contributed by atoms with Gasteiger partial charge in [-0.1, -0.05) is 19.9 Å². The van der Waals surface area contributed by atoms with Gasteiger partial charge in [-0.05, 0) is 66.6 Å². The van der Waals surface area contributed by atoms with Crippen molar-refractivity contribution in [1.29, 1.82) is 0 Å². The smallest absolute Gasteiger partial charge is 0.237 e. The number of thiophene rings is 1. The molecule has 35 heavy (non-hydrogen) atoms. The number of fused-ring (bicyclic) bond motifs is 1. The average molecular weight is 505 g/mol. The van der Waals surface area contributed by atoms with Crippen molar-refractivity contribution in [3.05, 3.63) is 64.6 Å². The number of halogens is 1.